The van der Waals surface area contributed by atoms with Crippen molar-refractivity contribution in [2.75, 3.05) is 6.26 Å². The summed E-state index contributed by atoms with van der Waals surface area (Å²) in [5.41, 5.74) is 0.306. The van der Waals surface area contributed by atoms with Gasteiger partial charge in [0.05, 0.1) is 5.56 Å². The fraction of sp³-hybridized carbons (Fsp3) is 0.250. The summed E-state index contributed by atoms with van der Waals surface area (Å²) >= 11 is 1.55. The van der Waals surface area contributed by atoms with Crippen LogP contribution >= 0.6 is 11.8 Å². The molecule has 2 rings (SSSR count). The number of hydrogen-bond acceptors (Lipinski definition) is 5. The fourth-order valence-corrected chi connectivity index (χ4v) is 1.93. The van der Waals surface area contributed by atoms with Gasteiger partial charge in [-0.25, -0.2) is 4.79 Å². The van der Waals surface area contributed by atoms with Gasteiger partial charge in [0.25, 0.3) is 11.8 Å². The maximum absolute atomic E-state index is 11.7. The first-order chi connectivity index (χ1) is 8.61. The third-order valence-electron chi connectivity index (χ3n) is 2.51. The molecule has 0 aromatic heterocycles. The number of carbonyl (C=O) groups excluding carboxylic acids is 3. The van der Waals surface area contributed by atoms with Crippen molar-refractivity contribution in [1.29, 1.82) is 0 Å². The lowest BCUT2D eigenvalue weighted by Gasteiger charge is -2.12. The van der Waals surface area contributed by atoms with Crippen molar-refractivity contribution < 1.29 is 19.2 Å². The Labute approximate surface area is 108 Å². The highest BCUT2D eigenvalue weighted by Gasteiger charge is 2.33. The van der Waals surface area contributed by atoms with Gasteiger partial charge in [0.2, 0.25) is 0 Å². The van der Waals surface area contributed by atoms with Gasteiger partial charge in [0.15, 0.2) is 0 Å². The number of benzene rings is 1. The lowest BCUT2D eigenvalue weighted by Crippen LogP contribution is -2.32. The monoisotopic (exact) mass is 265 g/mol. The largest absolute Gasteiger partial charge is 0.363 e. The highest BCUT2D eigenvalue weighted by molar-refractivity contribution is 7.98. The van der Waals surface area contributed by atoms with Gasteiger partial charge in [0, 0.05) is 17.7 Å². The number of amides is 2. The Balaban J connectivity index is 2.07. The molecule has 1 aromatic carbocycles. The summed E-state index contributed by atoms with van der Waals surface area (Å²) in [7, 11) is 0. The third-order valence-corrected chi connectivity index (χ3v) is 3.25. The van der Waals surface area contributed by atoms with E-state index in [1.165, 1.54) is 0 Å². The van der Waals surface area contributed by atoms with E-state index in [-0.39, 0.29) is 12.8 Å². The number of hydroxylamine groups is 2. The molecule has 1 fully saturated rings. The molecule has 0 atom stereocenters. The summed E-state index contributed by atoms with van der Waals surface area (Å²) in [6, 6.07) is 6.74. The first-order valence-corrected chi connectivity index (χ1v) is 6.56. The zero-order valence-electron chi connectivity index (χ0n) is 9.71. The SMILES string of the molecule is CSc1ccc(C(=O)ON2C(=O)CCC2=O)cc1. The highest BCUT2D eigenvalue weighted by atomic mass is 32.2. The quantitative estimate of drug-likeness (QED) is 0.614. The zero-order valence-corrected chi connectivity index (χ0v) is 10.5. The van der Waals surface area contributed by atoms with Gasteiger partial charge in [-0.1, -0.05) is 0 Å². The first-order valence-electron chi connectivity index (χ1n) is 5.34. The van der Waals surface area contributed by atoms with Gasteiger partial charge >= 0.3 is 5.97 Å². The Morgan fingerprint density at radius 1 is 1.17 bits per heavy atom. The fourth-order valence-electron chi connectivity index (χ4n) is 1.52. The molecule has 1 saturated heterocycles. The molecule has 1 aliphatic rings. The molecule has 94 valence electrons. The number of imide groups is 1. The minimum absolute atomic E-state index is 0.0948. The number of carbonyl (C=O) groups is 3. The van der Waals surface area contributed by atoms with Crippen molar-refractivity contribution in [2.24, 2.45) is 0 Å². The zero-order chi connectivity index (χ0) is 13.1. The smallest absolute Gasteiger partial charge is 0.325 e. The molecule has 0 unspecified atom stereocenters. The van der Waals surface area contributed by atoms with E-state index < -0.39 is 17.8 Å². The van der Waals surface area contributed by atoms with Crippen LogP contribution in [0, 0.1) is 0 Å². The van der Waals surface area contributed by atoms with Crippen molar-refractivity contribution in [3.8, 4) is 0 Å². The minimum atomic E-state index is -0.703. The topological polar surface area (TPSA) is 63.7 Å². The van der Waals surface area contributed by atoms with E-state index in [4.69, 9.17) is 4.84 Å². The van der Waals surface area contributed by atoms with Gasteiger partial charge in [0.1, 0.15) is 0 Å². The highest BCUT2D eigenvalue weighted by Crippen LogP contribution is 2.17. The van der Waals surface area contributed by atoms with Gasteiger partial charge in [-0.3, -0.25) is 9.59 Å². The Bertz CT molecular complexity index is 481. The molecule has 1 aromatic rings. The molecular formula is C12H11NO4S. The van der Waals surface area contributed by atoms with Gasteiger partial charge in [-0.05, 0) is 30.5 Å². The van der Waals surface area contributed by atoms with E-state index in [0.717, 1.165) is 4.90 Å². The maximum Gasteiger partial charge on any atom is 0.363 e. The first kappa shape index (κ1) is 12.6. The van der Waals surface area contributed by atoms with Crippen molar-refractivity contribution >= 4 is 29.5 Å². The van der Waals surface area contributed by atoms with Crippen molar-refractivity contribution in [3.05, 3.63) is 29.8 Å². The van der Waals surface area contributed by atoms with Crippen LogP contribution in [0.5, 0.6) is 0 Å². The Morgan fingerprint density at radius 3 is 2.22 bits per heavy atom. The molecule has 0 aliphatic carbocycles. The number of nitrogens with zero attached hydrogens (tertiary/aromatic N) is 1. The number of rotatable bonds is 3. The van der Waals surface area contributed by atoms with E-state index >= 15 is 0 Å². The molecule has 6 heteroatoms. The minimum Gasteiger partial charge on any atom is -0.325 e. The van der Waals surface area contributed by atoms with Crippen LogP contribution in [0.4, 0.5) is 0 Å². The summed E-state index contributed by atoms with van der Waals surface area (Å²) in [6.07, 6.45) is 2.12. The average molecular weight is 265 g/mol. The predicted molar refractivity (Wildman–Crippen MR) is 64.7 cm³/mol. The normalized spacial score (nSPS) is 15.1. The second-order valence-corrected chi connectivity index (χ2v) is 4.57. The lowest BCUT2D eigenvalue weighted by molar-refractivity contribution is -0.172. The molecule has 1 heterocycles. The van der Waals surface area contributed by atoms with Crippen LogP contribution in [0.2, 0.25) is 0 Å². The van der Waals surface area contributed by atoms with Crippen LogP contribution in [0.25, 0.3) is 0 Å². The summed E-state index contributed by atoms with van der Waals surface area (Å²) in [4.78, 5) is 40.1. The summed E-state index contributed by atoms with van der Waals surface area (Å²) in [5, 5.41) is 0.546. The molecule has 2 amide bonds. The Morgan fingerprint density at radius 2 is 1.72 bits per heavy atom. The molecule has 0 N–H and O–H groups in total. The number of hydrogen-bond donors (Lipinski definition) is 0. The van der Waals surface area contributed by atoms with E-state index in [1.54, 1.807) is 36.0 Å². The Hall–Kier alpha value is -1.82. The van der Waals surface area contributed by atoms with Crippen LogP contribution in [-0.4, -0.2) is 29.1 Å². The average Bonchev–Trinajstić information content (AvgIpc) is 2.70. The van der Waals surface area contributed by atoms with Crippen LogP contribution in [0.3, 0.4) is 0 Å². The van der Waals surface area contributed by atoms with Crippen LogP contribution < -0.4 is 0 Å². The lowest BCUT2D eigenvalue weighted by atomic mass is 10.2. The van der Waals surface area contributed by atoms with E-state index in [0.29, 0.717) is 10.6 Å². The molecule has 0 bridgehead atoms. The summed E-state index contributed by atoms with van der Waals surface area (Å²) < 4.78 is 0. The van der Waals surface area contributed by atoms with Crippen molar-refractivity contribution in [1.82, 2.24) is 5.06 Å². The van der Waals surface area contributed by atoms with Crippen molar-refractivity contribution in [2.45, 2.75) is 17.7 Å². The van der Waals surface area contributed by atoms with E-state index in [1.807, 2.05) is 6.26 Å². The second-order valence-electron chi connectivity index (χ2n) is 3.69. The summed E-state index contributed by atoms with van der Waals surface area (Å²) in [5.74, 6) is -1.66. The summed E-state index contributed by atoms with van der Waals surface area (Å²) in [6.45, 7) is 0. The standard InChI is InChI=1S/C12H11NO4S/c1-18-9-4-2-8(3-5-9)12(16)17-13-10(14)6-7-11(13)15/h2-5H,6-7H2,1H3. The third kappa shape index (κ3) is 2.53. The molecule has 0 radical (unpaired) electrons. The molecule has 0 saturated carbocycles. The van der Waals surface area contributed by atoms with E-state index in [9.17, 15) is 14.4 Å². The van der Waals surface area contributed by atoms with Gasteiger partial charge in [-0.15, -0.1) is 16.8 Å². The number of thioether (sulfide) groups is 1. The predicted octanol–water partition coefficient (Wildman–Crippen LogP) is 1.63. The van der Waals surface area contributed by atoms with E-state index in [2.05, 4.69) is 0 Å². The molecular weight excluding hydrogens is 254 g/mol. The van der Waals surface area contributed by atoms with Gasteiger partial charge < -0.3 is 4.84 Å². The molecule has 18 heavy (non-hydrogen) atoms. The Kier molecular flexibility index (Phi) is 3.66. The van der Waals surface area contributed by atoms with Crippen LogP contribution in [0.1, 0.15) is 23.2 Å². The van der Waals surface area contributed by atoms with Crippen LogP contribution in [0.15, 0.2) is 29.2 Å². The van der Waals surface area contributed by atoms with Crippen molar-refractivity contribution in [3.63, 3.8) is 0 Å². The second kappa shape index (κ2) is 5.22. The van der Waals surface area contributed by atoms with Gasteiger partial charge in [-0.2, -0.15) is 0 Å². The maximum atomic E-state index is 11.7. The molecule has 0 spiro atoms. The molecule has 5 nitrogen and oxygen atoms in total. The molecule has 1 aliphatic heterocycles. The van der Waals surface area contributed by atoms with Crippen LogP contribution in [-0.2, 0) is 14.4 Å².